The van der Waals surface area contributed by atoms with Crippen molar-refractivity contribution in [3.8, 4) is 0 Å². The Balaban J connectivity index is 2.10. The maximum Gasteiger partial charge on any atom is 0.356 e. The van der Waals surface area contributed by atoms with E-state index in [0.717, 1.165) is 11.1 Å². The Morgan fingerprint density at radius 3 is 2.78 bits per heavy atom. The third-order valence-corrected chi connectivity index (χ3v) is 3.30. The molecule has 0 bridgehead atoms. The van der Waals surface area contributed by atoms with Gasteiger partial charge < -0.3 is 4.74 Å². The summed E-state index contributed by atoms with van der Waals surface area (Å²) in [5.41, 5.74) is 2.10. The van der Waals surface area contributed by atoms with Crippen LogP contribution < -0.4 is 0 Å². The number of H-pyrrole nitrogens is 1. The van der Waals surface area contributed by atoms with Crippen LogP contribution in [0, 0.1) is 5.82 Å². The van der Waals surface area contributed by atoms with Crippen molar-refractivity contribution in [2.24, 2.45) is 0 Å². The summed E-state index contributed by atoms with van der Waals surface area (Å²) >= 11 is 0. The van der Waals surface area contributed by atoms with Crippen LogP contribution in [0.1, 0.15) is 28.5 Å². The zero-order valence-corrected chi connectivity index (χ0v) is 13.1. The van der Waals surface area contributed by atoms with Crippen molar-refractivity contribution in [1.29, 1.82) is 0 Å². The normalized spacial score (nSPS) is 10.7. The van der Waals surface area contributed by atoms with Crippen molar-refractivity contribution in [1.82, 2.24) is 15.1 Å². The predicted molar refractivity (Wildman–Crippen MR) is 85.3 cm³/mol. The lowest BCUT2D eigenvalue weighted by atomic mass is 10.1. The van der Waals surface area contributed by atoms with Crippen LogP contribution >= 0.6 is 0 Å². The van der Waals surface area contributed by atoms with E-state index < -0.39 is 5.97 Å². The molecule has 0 radical (unpaired) electrons. The fraction of sp³-hybridized carbons (Fsp3) is 0.294. The molecule has 0 spiro atoms. The summed E-state index contributed by atoms with van der Waals surface area (Å²) in [6.07, 6.45) is 3.40. The molecule has 0 aliphatic carbocycles. The third kappa shape index (κ3) is 4.75. The van der Waals surface area contributed by atoms with Gasteiger partial charge in [0.25, 0.3) is 0 Å². The number of carbonyl (C=O) groups is 1. The fourth-order valence-electron chi connectivity index (χ4n) is 2.27. The average Bonchev–Trinajstić information content (AvgIpc) is 2.98. The number of aromatic amines is 1. The van der Waals surface area contributed by atoms with Crippen LogP contribution in [0.5, 0.6) is 0 Å². The molecule has 0 atom stereocenters. The smallest absolute Gasteiger partial charge is 0.356 e. The van der Waals surface area contributed by atoms with Gasteiger partial charge in [-0.3, -0.25) is 10.00 Å². The molecule has 1 aromatic carbocycles. The SMILES string of the molecule is C=CCN(Cc1ccc(F)cc1)Cc1cn[nH]c1C(=O)OCC. The molecule has 2 aromatic rings. The van der Waals surface area contributed by atoms with Crippen LogP contribution in [0.3, 0.4) is 0 Å². The molecule has 0 aliphatic rings. The lowest BCUT2D eigenvalue weighted by Crippen LogP contribution is -2.24. The maximum atomic E-state index is 13.0. The molecular weight excluding hydrogens is 297 g/mol. The highest BCUT2D eigenvalue weighted by atomic mass is 19.1. The largest absolute Gasteiger partial charge is 0.461 e. The summed E-state index contributed by atoms with van der Waals surface area (Å²) in [7, 11) is 0. The molecule has 5 nitrogen and oxygen atoms in total. The minimum atomic E-state index is -0.416. The van der Waals surface area contributed by atoms with Crippen LogP contribution in [0.4, 0.5) is 4.39 Å². The van der Waals surface area contributed by atoms with E-state index in [2.05, 4.69) is 21.7 Å². The first-order valence-corrected chi connectivity index (χ1v) is 7.41. The maximum absolute atomic E-state index is 13.0. The lowest BCUT2D eigenvalue weighted by Gasteiger charge is -2.20. The molecule has 1 N–H and O–H groups in total. The first-order chi connectivity index (χ1) is 11.1. The van der Waals surface area contributed by atoms with Gasteiger partial charge in [0.05, 0.1) is 12.8 Å². The van der Waals surface area contributed by atoms with E-state index >= 15 is 0 Å². The number of ether oxygens (including phenoxy) is 1. The lowest BCUT2D eigenvalue weighted by molar-refractivity contribution is 0.0517. The predicted octanol–water partition coefficient (Wildman–Crippen LogP) is 2.91. The van der Waals surface area contributed by atoms with Crippen molar-refractivity contribution in [3.63, 3.8) is 0 Å². The Morgan fingerprint density at radius 1 is 1.39 bits per heavy atom. The van der Waals surface area contributed by atoms with Gasteiger partial charge in [0.15, 0.2) is 0 Å². The van der Waals surface area contributed by atoms with Gasteiger partial charge in [0, 0.05) is 25.2 Å². The highest BCUT2D eigenvalue weighted by molar-refractivity contribution is 5.88. The summed E-state index contributed by atoms with van der Waals surface area (Å²) in [4.78, 5) is 14.0. The Hall–Kier alpha value is -2.47. The van der Waals surface area contributed by atoms with Crippen molar-refractivity contribution in [2.75, 3.05) is 13.2 Å². The quantitative estimate of drug-likeness (QED) is 0.601. The van der Waals surface area contributed by atoms with E-state index in [9.17, 15) is 9.18 Å². The van der Waals surface area contributed by atoms with Crippen molar-refractivity contribution in [3.05, 3.63) is 65.8 Å². The summed E-state index contributed by atoms with van der Waals surface area (Å²) < 4.78 is 18.0. The molecule has 0 amide bonds. The number of benzene rings is 1. The molecular formula is C17H20FN3O2. The van der Waals surface area contributed by atoms with E-state index in [1.165, 1.54) is 12.1 Å². The minimum Gasteiger partial charge on any atom is -0.461 e. The second-order valence-electron chi connectivity index (χ2n) is 5.08. The molecule has 122 valence electrons. The molecule has 6 heteroatoms. The summed E-state index contributed by atoms with van der Waals surface area (Å²) in [6, 6.07) is 6.35. The van der Waals surface area contributed by atoms with Gasteiger partial charge in [0.2, 0.25) is 0 Å². The number of nitrogens with one attached hydrogen (secondary N) is 1. The molecule has 1 aromatic heterocycles. The van der Waals surface area contributed by atoms with E-state index in [0.29, 0.717) is 31.9 Å². The first kappa shape index (κ1) is 16.9. The second-order valence-corrected chi connectivity index (χ2v) is 5.08. The summed E-state index contributed by atoms with van der Waals surface area (Å²) in [5, 5.41) is 6.61. The van der Waals surface area contributed by atoms with Crippen LogP contribution in [0.15, 0.2) is 43.1 Å². The first-order valence-electron chi connectivity index (χ1n) is 7.41. The van der Waals surface area contributed by atoms with Gasteiger partial charge in [-0.05, 0) is 24.6 Å². The molecule has 0 saturated carbocycles. The molecule has 0 unspecified atom stereocenters. The minimum absolute atomic E-state index is 0.261. The topological polar surface area (TPSA) is 58.2 Å². The monoisotopic (exact) mass is 317 g/mol. The van der Waals surface area contributed by atoms with Gasteiger partial charge in [0.1, 0.15) is 11.5 Å². The third-order valence-electron chi connectivity index (χ3n) is 3.30. The highest BCUT2D eigenvalue weighted by Crippen LogP contribution is 2.13. The van der Waals surface area contributed by atoms with Crippen molar-refractivity contribution >= 4 is 5.97 Å². The van der Waals surface area contributed by atoms with E-state index in [-0.39, 0.29) is 5.82 Å². The average molecular weight is 317 g/mol. The standard InChI is InChI=1S/C17H20FN3O2/c1-3-9-21(11-13-5-7-15(18)8-6-13)12-14-10-19-20-16(14)17(22)23-4-2/h3,5-8,10H,1,4,9,11-12H2,2H3,(H,19,20). The molecule has 0 saturated heterocycles. The Labute approximate surface area is 134 Å². The number of hydrogen-bond acceptors (Lipinski definition) is 4. The molecule has 0 fully saturated rings. The van der Waals surface area contributed by atoms with Crippen molar-refractivity contribution < 1.29 is 13.9 Å². The zero-order valence-electron chi connectivity index (χ0n) is 13.1. The number of halogens is 1. The Kier molecular flexibility index (Phi) is 6.05. The second kappa shape index (κ2) is 8.24. The number of aromatic nitrogens is 2. The van der Waals surface area contributed by atoms with Crippen molar-refractivity contribution in [2.45, 2.75) is 20.0 Å². The number of carbonyl (C=O) groups excluding carboxylic acids is 1. The van der Waals surface area contributed by atoms with Gasteiger partial charge >= 0.3 is 5.97 Å². The Bertz CT molecular complexity index is 652. The van der Waals surface area contributed by atoms with Gasteiger partial charge in [-0.2, -0.15) is 5.10 Å². The molecule has 0 aliphatic heterocycles. The molecule has 1 heterocycles. The van der Waals surface area contributed by atoms with Gasteiger partial charge in [-0.25, -0.2) is 9.18 Å². The number of rotatable bonds is 8. The Morgan fingerprint density at radius 2 is 2.13 bits per heavy atom. The summed E-state index contributed by atoms with van der Waals surface area (Å²) in [5.74, 6) is -0.677. The highest BCUT2D eigenvalue weighted by Gasteiger charge is 2.17. The fourth-order valence-corrected chi connectivity index (χ4v) is 2.27. The summed E-state index contributed by atoms with van der Waals surface area (Å²) in [6.45, 7) is 7.57. The van der Waals surface area contributed by atoms with Gasteiger partial charge in [-0.15, -0.1) is 6.58 Å². The molecule has 23 heavy (non-hydrogen) atoms. The van der Waals surface area contributed by atoms with Crippen LogP contribution in [-0.4, -0.2) is 34.2 Å². The van der Waals surface area contributed by atoms with E-state index in [1.54, 1.807) is 31.3 Å². The van der Waals surface area contributed by atoms with Crippen LogP contribution in [0.25, 0.3) is 0 Å². The van der Waals surface area contributed by atoms with E-state index in [1.807, 2.05) is 0 Å². The molecule has 2 rings (SSSR count). The number of nitrogens with zero attached hydrogens (tertiary/aromatic N) is 2. The van der Waals surface area contributed by atoms with E-state index in [4.69, 9.17) is 4.74 Å². The zero-order chi connectivity index (χ0) is 16.7. The number of esters is 1. The van der Waals surface area contributed by atoms with Crippen LogP contribution in [-0.2, 0) is 17.8 Å². The van der Waals surface area contributed by atoms with Gasteiger partial charge in [-0.1, -0.05) is 18.2 Å². The number of hydrogen-bond donors (Lipinski definition) is 1. The van der Waals surface area contributed by atoms with Crippen LogP contribution in [0.2, 0.25) is 0 Å².